The second-order valence-corrected chi connectivity index (χ2v) is 13.3. The summed E-state index contributed by atoms with van der Waals surface area (Å²) >= 11 is 0. The monoisotopic (exact) mass is 689 g/mol. The number of hydrogen-bond acceptors (Lipinski definition) is 3. The quantitative estimate of drug-likeness (QED) is 0.163. The molecule has 0 aliphatic rings. The number of para-hydroxylation sites is 1. The third-order valence-electron chi connectivity index (χ3n) is 9.87. The van der Waals surface area contributed by atoms with Crippen LogP contribution in [-0.2, 0) is 0 Å². The lowest BCUT2D eigenvalue weighted by molar-refractivity contribution is 1.17. The van der Waals surface area contributed by atoms with E-state index in [9.17, 15) is 5.26 Å². The van der Waals surface area contributed by atoms with Crippen molar-refractivity contribution in [3.05, 3.63) is 192 Å². The second kappa shape index (κ2) is 13.5. The van der Waals surface area contributed by atoms with Crippen molar-refractivity contribution in [2.75, 3.05) is 0 Å². The van der Waals surface area contributed by atoms with Gasteiger partial charge in [0.1, 0.15) is 0 Å². The van der Waals surface area contributed by atoms with Crippen molar-refractivity contribution in [3.63, 3.8) is 0 Å². The minimum Gasteiger partial charge on any atom is -0.308 e. The number of nitrogens with zero attached hydrogens (tertiary/aromatic N) is 5. The molecule has 0 amide bonds. The van der Waals surface area contributed by atoms with Crippen molar-refractivity contribution >= 4 is 27.5 Å². The zero-order valence-corrected chi connectivity index (χ0v) is 29.4. The topological polar surface area (TPSA) is 58.9 Å². The smallest absolute Gasteiger partial charge is 0.187 e. The van der Waals surface area contributed by atoms with E-state index in [-0.39, 0.29) is 0 Å². The molecular formula is C49H31N5. The van der Waals surface area contributed by atoms with Gasteiger partial charge >= 0.3 is 0 Å². The van der Waals surface area contributed by atoms with Crippen molar-refractivity contribution in [2.45, 2.75) is 6.92 Å². The SMILES string of the molecule is [C-]#[N+]c1cccc(-c2cc(-c3cc(-c4ccccc4)nc(-c4ccccc4)n3)cc(-c3cccc(C#N)c3)c2-n2c3ccccc3c3cc(C)ccc32)c1. The van der Waals surface area contributed by atoms with Crippen molar-refractivity contribution in [3.8, 4) is 67.9 Å². The van der Waals surface area contributed by atoms with Crippen molar-refractivity contribution in [1.29, 1.82) is 5.26 Å². The first kappa shape index (κ1) is 32.3. The first-order valence-corrected chi connectivity index (χ1v) is 17.7. The molecule has 0 aliphatic carbocycles. The van der Waals surface area contributed by atoms with Crippen LogP contribution in [0.2, 0.25) is 0 Å². The van der Waals surface area contributed by atoms with Crippen molar-refractivity contribution in [1.82, 2.24) is 14.5 Å². The van der Waals surface area contributed by atoms with Gasteiger partial charge in [-0.1, -0.05) is 121 Å². The van der Waals surface area contributed by atoms with E-state index in [1.807, 2.05) is 84.9 Å². The van der Waals surface area contributed by atoms with Crippen LogP contribution in [0.4, 0.5) is 5.69 Å². The maximum absolute atomic E-state index is 10.1. The van der Waals surface area contributed by atoms with Gasteiger partial charge < -0.3 is 4.57 Å². The van der Waals surface area contributed by atoms with E-state index in [1.165, 1.54) is 5.56 Å². The molecule has 5 nitrogen and oxygen atoms in total. The second-order valence-electron chi connectivity index (χ2n) is 13.3. The highest BCUT2D eigenvalue weighted by Crippen LogP contribution is 2.45. The molecule has 0 aliphatic heterocycles. The van der Waals surface area contributed by atoms with Crippen LogP contribution in [0.25, 0.3) is 88.5 Å². The minimum absolute atomic E-state index is 0.550. The molecule has 2 heterocycles. The lowest BCUT2D eigenvalue weighted by Gasteiger charge is -2.21. The molecule has 0 bridgehead atoms. The maximum atomic E-state index is 10.1. The number of rotatable bonds is 6. The number of hydrogen-bond donors (Lipinski definition) is 0. The summed E-state index contributed by atoms with van der Waals surface area (Å²) in [6.07, 6.45) is 0. The minimum atomic E-state index is 0.550. The zero-order valence-electron chi connectivity index (χ0n) is 29.4. The molecule has 0 fully saturated rings. The normalized spacial score (nSPS) is 11.0. The van der Waals surface area contributed by atoms with Crippen molar-refractivity contribution in [2.24, 2.45) is 0 Å². The number of nitriles is 1. The van der Waals surface area contributed by atoms with Crippen LogP contribution < -0.4 is 0 Å². The van der Waals surface area contributed by atoms with Crippen LogP contribution in [0.1, 0.15) is 11.1 Å². The van der Waals surface area contributed by atoms with Gasteiger partial charge in [-0.05, 0) is 72.6 Å². The Morgan fingerprint density at radius 3 is 1.87 bits per heavy atom. The Hall–Kier alpha value is -7.60. The fourth-order valence-electron chi connectivity index (χ4n) is 7.36. The zero-order chi connectivity index (χ0) is 36.6. The molecule has 0 radical (unpaired) electrons. The summed E-state index contributed by atoms with van der Waals surface area (Å²) in [4.78, 5) is 14.1. The van der Waals surface area contributed by atoms with E-state index in [0.29, 0.717) is 17.1 Å². The maximum Gasteiger partial charge on any atom is 0.187 e. The summed E-state index contributed by atoms with van der Waals surface area (Å²) in [6, 6.07) is 59.7. The molecule has 0 saturated carbocycles. The molecular weight excluding hydrogens is 659 g/mol. The fourth-order valence-corrected chi connectivity index (χ4v) is 7.36. The Morgan fingerprint density at radius 2 is 1.15 bits per heavy atom. The molecule has 0 saturated heterocycles. The molecule has 252 valence electrons. The summed E-state index contributed by atoms with van der Waals surface area (Å²) < 4.78 is 2.34. The third kappa shape index (κ3) is 5.77. The standard InChI is InChI=1S/C49H31N5/c1-32-23-24-47-43(25-32)40-21-9-10-22-46(40)54(47)48-41(36-18-11-13-33(26-36)31-50)28-38(29-42(48)37-19-12-20-39(27-37)51-2)45-30-44(34-14-5-3-6-15-34)52-49(53-45)35-16-7-4-8-17-35/h3-30H,1H3. The summed E-state index contributed by atoms with van der Waals surface area (Å²) in [5.74, 6) is 0.623. The molecule has 0 atom stereocenters. The van der Waals surface area contributed by atoms with Gasteiger partial charge in [-0.15, -0.1) is 0 Å². The lowest BCUT2D eigenvalue weighted by Crippen LogP contribution is -2.03. The van der Waals surface area contributed by atoms with E-state index in [4.69, 9.17) is 16.5 Å². The number of benzene rings is 7. The van der Waals surface area contributed by atoms with Gasteiger partial charge in [-0.2, -0.15) is 5.26 Å². The van der Waals surface area contributed by atoms with Gasteiger partial charge in [0.25, 0.3) is 0 Å². The average molecular weight is 690 g/mol. The molecule has 5 heteroatoms. The van der Waals surface area contributed by atoms with Crippen LogP contribution in [-0.4, -0.2) is 14.5 Å². The van der Waals surface area contributed by atoms with E-state index < -0.39 is 0 Å². The fraction of sp³-hybridized carbons (Fsp3) is 0.0204. The molecule has 2 aromatic heterocycles. The number of fused-ring (bicyclic) bond motifs is 3. The Kier molecular flexibility index (Phi) is 8.08. The van der Waals surface area contributed by atoms with Crippen LogP contribution in [0.5, 0.6) is 0 Å². The van der Waals surface area contributed by atoms with E-state index in [0.717, 1.165) is 77.8 Å². The van der Waals surface area contributed by atoms with Crippen LogP contribution in [0, 0.1) is 24.8 Å². The van der Waals surface area contributed by atoms with Gasteiger partial charge in [0, 0.05) is 38.6 Å². The summed E-state index contributed by atoms with van der Waals surface area (Å²) in [5.41, 5.74) is 13.4. The molecule has 0 unspecified atom stereocenters. The number of aryl methyl sites for hydroxylation is 1. The van der Waals surface area contributed by atoms with Gasteiger partial charge in [0.05, 0.1) is 46.3 Å². The highest BCUT2D eigenvalue weighted by atomic mass is 15.0. The lowest BCUT2D eigenvalue weighted by atomic mass is 9.91. The number of aromatic nitrogens is 3. The average Bonchev–Trinajstić information content (AvgIpc) is 3.56. The third-order valence-corrected chi connectivity index (χ3v) is 9.87. The van der Waals surface area contributed by atoms with Gasteiger partial charge in [-0.3, -0.25) is 0 Å². The summed E-state index contributed by atoms with van der Waals surface area (Å²) in [7, 11) is 0. The highest BCUT2D eigenvalue weighted by Gasteiger charge is 2.23. The molecule has 0 N–H and O–H groups in total. The Balaban J connectivity index is 1.44. The van der Waals surface area contributed by atoms with Gasteiger partial charge in [0.15, 0.2) is 11.5 Å². The first-order valence-electron chi connectivity index (χ1n) is 17.7. The van der Waals surface area contributed by atoms with Gasteiger partial charge in [-0.25, -0.2) is 14.8 Å². The van der Waals surface area contributed by atoms with Crippen LogP contribution in [0.15, 0.2) is 170 Å². The van der Waals surface area contributed by atoms with Crippen molar-refractivity contribution < 1.29 is 0 Å². The summed E-state index contributed by atoms with van der Waals surface area (Å²) in [6.45, 7) is 10.0. The van der Waals surface area contributed by atoms with Gasteiger partial charge in [0.2, 0.25) is 0 Å². The predicted octanol–water partition coefficient (Wildman–Crippen LogP) is 12.6. The Morgan fingerprint density at radius 1 is 0.537 bits per heavy atom. The molecule has 54 heavy (non-hydrogen) atoms. The molecule has 9 aromatic rings. The van der Waals surface area contributed by atoms with Crippen LogP contribution in [0.3, 0.4) is 0 Å². The van der Waals surface area contributed by atoms with E-state index >= 15 is 0 Å². The first-order chi connectivity index (χ1) is 26.6. The van der Waals surface area contributed by atoms with E-state index in [2.05, 4.69) is 107 Å². The highest BCUT2D eigenvalue weighted by molar-refractivity contribution is 6.11. The molecule has 0 spiro atoms. The largest absolute Gasteiger partial charge is 0.308 e. The molecule has 9 rings (SSSR count). The summed E-state index contributed by atoms with van der Waals surface area (Å²) in [5, 5.41) is 12.4. The Bertz CT molecular complexity index is 2830. The Labute approximate surface area is 313 Å². The molecule has 7 aromatic carbocycles. The predicted molar refractivity (Wildman–Crippen MR) is 219 cm³/mol. The van der Waals surface area contributed by atoms with E-state index in [1.54, 1.807) is 0 Å². The van der Waals surface area contributed by atoms with Crippen LogP contribution >= 0.6 is 0 Å².